The van der Waals surface area contributed by atoms with Crippen molar-refractivity contribution in [3.63, 3.8) is 0 Å². The molecule has 0 amide bonds. The summed E-state index contributed by atoms with van der Waals surface area (Å²) in [5.74, 6) is 1.69. The van der Waals surface area contributed by atoms with Crippen LogP contribution in [-0.2, 0) is 9.53 Å². The van der Waals surface area contributed by atoms with Crippen molar-refractivity contribution in [1.82, 2.24) is 15.1 Å². The molecule has 0 radical (unpaired) electrons. The minimum absolute atomic E-state index is 0.0362. The number of guanidine groups is 1. The summed E-state index contributed by atoms with van der Waals surface area (Å²) in [5, 5.41) is 3.43. The molecule has 0 aliphatic carbocycles. The van der Waals surface area contributed by atoms with Gasteiger partial charge in [0.1, 0.15) is 0 Å². The molecule has 0 aromatic rings. The molecule has 6 heteroatoms. The molecular weight excluding hydrogens is 316 g/mol. The zero-order valence-corrected chi connectivity index (χ0v) is 16.3. The van der Waals surface area contributed by atoms with Crippen LogP contribution in [0.25, 0.3) is 0 Å². The van der Waals surface area contributed by atoms with Crippen LogP contribution >= 0.6 is 0 Å². The van der Waals surface area contributed by atoms with E-state index in [-0.39, 0.29) is 11.9 Å². The van der Waals surface area contributed by atoms with Crippen LogP contribution < -0.4 is 5.32 Å². The summed E-state index contributed by atoms with van der Waals surface area (Å²) in [6, 6.07) is 0. The first-order valence-corrected chi connectivity index (χ1v) is 10.1. The van der Waals surface area contributed by atoms with E-state index in [9.17, 15) is 4.79 Å². The molecule has 144 valence electrons. The monoisotopic (exact) mass is 352 g/mol. The van der Waals surface area contributed by atoms with E-state index in [4.69, 9.17) is 9.73 Å². The minimum Gasteiger partial charge on any atom is -0.466 e. The second-order valence-corrected chi connectivity index (χ2v) is 7.11. The number of aliphatic imine (C=N–C) groups is 1. The Hall–Kier alpha value is -1.30. The Kier molecular flexibility index (Phi) is 8.52. The molecule has 2 saturated heterocycles. The van der Waals surface area contributed by atoms with E-state index in [1.807, 2.05) is 6.92 Å². The molecule has 2 aliphatic rings. The minimum atomic E-state index is -0.0362. The lowest BCUT2D eigenvalue weighted by Gasteiger charge is -2.34. The lowest BCUT2D eigenvalue weighted by atomic mass is 9.97. The molecule has 0 saturated carbocycles. The number of piperidine rings is 2. The molecule has 0 bridgehead atoms. The molecule has 25 heavy (non-hydrogen) atoms. The first-order chi connectivity index (χ1) is 12.2. The van der Waals surface area contributed by atoms with Gasteiger partial charge < -0.3 is 19.9 Å². The van der Waals surface area contributed by atoms with Gasteiger partial charge in [-0.3, -0.25) is 9.79 Å². The average Bonchev–Trinajstić information content (AvgIpc) is 2.65. The van der Waals surface area contributed by atoms with E-state index < -0.39 is 0 Å². The molecule has 0 spiro atoms. The highest BCUT2D eigenvalue weighted by Crippen LogP contribution is 2.20. The smallest absolute Gasteiger partial charge is 0.309 e. The Morgan fingerprint density at radius 3 is 2.56 bits per heavy atom. The Bertz CT molecular complexity index is 433. The third-order valence-corrected chi connectivity index (χ3v) is 5.30. The summed E-state index contributed by atoms with van der Waals surface area (Å²) in [6.45, 7) is 13.8. The number of carbonyl (C=O) groups is 1. The summed E-state index contributed by atoms with van der Waals surface area (Å²) >= 11 is 0. The van der Waals surface area contributed by atoms with Crippen molar-refractivity contribution in [1.29, 1.82) is 0 Å². The van der Waals surface area contributed by atoms with Crippen molar-refractivity contribution in [2.75, 3.05) is 52.4 Å². The number of hydrogen-bond donors (Lipinski definition) is 1. The van der Waals surface area contributed by atoms with Crippen molar-refractivity contribution >= 4 is 11.9 Å². The second-order valence-electron chi connectivity index (χ2n) is 7.11. The lowest BCUT2D eigenvalue weighted by Crippen LogP contribution is -2.47. The van der Waals surface area contributed by atoms with Crippen LogP contribution in [0.2, 0.25) is 0 Å². The van der Waals surface area contributed by atoms with E-state index in [0.29, 0.717) is 12.5 Å². The fourth-order valence-electron chi connectivity index (χ4n) is 3.82. The van der Waals surface area contributed by atoms with E-state index in [2.05, 4.69) is 29.0 Å². The van der Waals surface area contributed by atoms with Crippen LogP contribution in [0.1, 0.15) is 46.5 Å². The second kappa shape index (κ2) is 10.6. The lowest BCUT2D eigenvalue weighted by molar-refractivity contribution is -0.149. The maximum Gasteiger partial charge on any atom is 0.309 e. The van der Waals surface area contributed by atoms with Crippen LogP contribution in [0.15, 0.2) is 4.99 Å². The molecule has 2 rings (SSSR count). The number of carbonyl (C=O) groups excluding carboxylic acids is 1. The highest BCUT2D eigenvalue weighted by molar-refractivity contribution is 5.80. The van der Waals surface area contributed by atoms with Gasteiger partial charge in [0.05, 0.1) is 12.5 Å². The Balaban J connectivity index is 1.86. The van der Waals surface area contributed by atoms with Gasteiger partial charge in [0.25, 0.3) is 0 Å². The summed E-state index contributed by atoms with van der Waals surface area (Å²) in [7, 11) is 0. The van der Waals surface area contributed by atoms with Crippen LogP contribution in [-0.4, -0.2) is 74.1 Å². The van der Waals surface area contributed by atoms with Gasteiger partial charge in [0.15, 0.2) is 5.96 Å². The molecular formula is C19H36N4O2. The predicted octanol–water partition coefficient (Wildman–Crippen LogP) is 1.96. The van der Waals surface area contributed by atoms with E-state index in [1.54, 1.807) is 0 Å². The third-order valence-electron chi connectivity index (χ3n) is 5.30. The van der Waals surface area contributed by atoms with Crippen LogP contribution in [0, 0.1) is 11.8 Å². The maximum absolute atomic E-state index is 11.9. The first-order valence-electron chi connectivity index (χ1n) is 10.1. The average molecular weight is 353 g/mol. The molecule has 2 heterocycles. The van der Waals surface area contributed by atoms with Crippen molar-refractivity contribution in [2.24, 2.45) is 16.8 Å². The SMILES string of the molecule is CCNC(=NCC1CCCN(CC)C1)N1CCC(C(=O)OCC)CC1. The van der Waals surface area contributed by atoms with Crippen molar-refractivity contribution in [3.05, 3.63) is 0 Å². The van der Waals surface area contributed by atoms with Crippen molar-refractivity contribution < 1.29 is 9.53 Å². The standard InChI is InChI=1S/C19H36N4O2/c1-4-20-19(21-14-16-8-7-11-22(5-2)15-16)23-12-9-17(10-13-23)18(24)25-6-3/h16-17H,4-15H2,1-3H3,(H,20,21). The van der Waals surface area contributed by atoms with Gasteiger partial charge in [-0.2, -0.15) is 0 Å². The highest BCUT2D eigenvalue weighted by Gasteiger charge is 2.27. The molecule has 0 aromatic carbocycles. The van der Waals surface area contributed by atoms with Crippen molar-refractivity contribution in [3.8, 4) is 0 Å². The van der Waals surface area contributed by atoms with Gasteiger partial charge in [-0.15, -0.1) is 0 Å². The maximum atomic E-state index is 11.9. The predicted molar refractivity (Wildman–Crippen MR) is 102 cm³/mol. The molecule has 1 atom stereocenters. The molecule has 2 aliphatic heterocycles. The van der Waals surface area contributed by atoms with E-state index in [1.165, 1.54) is 25.9 Å². The summed E-state index contributed by atoms with van der Waals surface area (Å²) in [5.41, 5.74) is 0. The fourth-order valence-corrected chi connectivity index (χ4v) is 3.82. The Morgan fingerprint density at radius 2 is 1.92 bits per heavy atom. The van der Waals surface area contributed by atoms with E-state index in [0.717, 1.165) is 51.5 Å². The zero-order chi connectivity index (χ0) is 18.1. The van der Waals surface area contributed by atoms with Crippen LogP contribution in [0.3, 0.4) is 0 Å². The first kappa shape index (κ1) is 20.0. The quantitative estimate of drug-likeness (QED) is 0.450. The largest absolute Gasteiger partial charge is 0.466 e. The van der Waals surface area contributed by atoms with Gasteiger partial charge in [0, 0.05) is 32.7 Å². The fraction of sp³-hybridized carbons (Fsp3) is 0.895. The Morgan fingerprint density at radius 1 is 1.16 bits per heavy atom. The number of rotatable bonds is 6. The topological polar surface area (TPSA) is 57.2 Å². The van der Waals surface area contributed by atoms with Crippen LogP contribution in [0.5, 0.6) is 0 Å². The summed E-state index contributed by atoms with van der Waals surface area (Å²) < 4.78 is 5.16. The number of ether oxygens (including phenoxy) is 1. The van der Waals surface area contributed by atoms with Gasteiger partial charge in [-0.05, 0) is 58.5 Å². The molecule has 0 aromatic heterocycles. The Labute approximate surface area is 153 Å². The van der Waals surface area contributed by atoms with Crippen molar-refractivity contribution in [2.45, 2.75) is 46.5 Å². The van der Waals surface area contributed by atoms with E-state index >= 15 is 0 Å². The van der Waals surface area contributed by atoms with Gasteiger partial charge in [0.2, 0.25) is 0 Å². The number of nitrogens with one attached hydrogen (secondary N) is 1. The summed E-state index contributed by atoms with van der Waals surface area (Å²) in [4.78, 5) is 21.7. The summed E-state index contributed by atoms with van der Waals surface area (Å²) in [6.07, 6.45) is 4.28. The van der Waals surface area contributed by atoms with Gasteiger partial charge >= 0.3 is 5.97 Å². The molecule has 1 unspecified atom stereocenters. The van der Waals surface area contributed by atoms with Crippen LogP contribution in [0.4, 0.5) is 0 Å². The van der Waals surface area contributed by atoms with Gasteiger partial charge in [-0.1, -0.05) is 6.92 Å². The molecule has 6 nitrogen and oxygen atoms in total. The number of nitrogens with zero attached hydrogens (tertiary/aromatic N) is 3. The molecule has 1 N–H and O–H groups in total. The molecule has 2 fully saturated rings. The number of likely N-dealkylation sites (tertiary alicyclic amines) is 2. The highest BCUT2D eigenvalue weighted by atomic mass is 16.5. The van der Waals surface area contributed by atoms with Gasteiger partial charge in [-0.25, -0.2) is 0 Å². The number of esters is 1. The third kappa shape index (κ3) is 6.17. The zero-order valence-electron chi connectivity index (χ0n) is 16.3. The number of hydrogen-bond acceptors (Lipinski definition) is 4. The normalized spacial score (nSPS) is 23.6.